The molecule has 1 aliphatic heterocycles. The predicted molar refractivity (Wildman–Crippen MR) is 48.8 cm³/mol. The Balaban J connectivity index is 0.000000921. The van der Waals surface area contributed by atoms with Crippen LogP contribution in [0.1, 0.15) is 6.92 Å². The summed E-state index contributed by atoms with van der Waals surface area (Å²) in [6.07, 6.45) is -3.70. The highest BCUT2D eigenvalue weighted by Gasteiger charge is 2.38. The minimum absolute atomic E-state index is 0.264. The lowest BCUT2D eigenvalue weighted by atomic mass is 9.96. The summed E-state index contributed by atoms with van der Waals surface area (Å²) >= 11 is 0. The quantitative estimate of drug-likeness (QED) is 0.610. The number of carbonyl (C=O) groups is 1. The number of methoxy groups -OCH3 is 2. The van der Waals surface area contributed by atoms with Gasteiger partial charge >= 0.3 is 0 Å². The summed E-state index contributed by atoms with van der Waals surface area (Å²) in [5.74, 6) is -0.264. The average Bonchev–Trinajstić information content (AvgIpc) is 2.27. The van der Waals surface area contributed by atoms with E-state index in [1.54, 1.807) is 6.92 Å². The number of hydrogen-bond donors (Lipinski definition) is 1. The largest absolute Gasteiger partial charge is 0.829 e. The number of carbonyl (C=O) groups excluding carboxylic acids is 1. The van der Waals surface area contributed by atoms with Crippen molar-refractivity contribution >= 4 is 6.79 Å². The maximum atomic E-state index is 11.2. The second-order valence-electron chi connectivity index (χ2n) is 3.16. The molecule has 0 aromatic rings. The van der Waals surface area contributed by atoms with E-state index in [-0.39, 0.29) is 5.92 Å². The van der Waals surface area contributed by atoms with E-state index in [0.29, 0.717) is 0 Å². The first-order valence-corrected chi connectivity index (χ1v) is 4.45. The summed E-state index contributed by atoms with van der Waals surface area (Å²) in [5, 5.41) is 20.9. The Hall–Kier alpha value is -0.530. The maximum Gasteiger partial charge on any atom is 0.160 e. The van der Waals surface area contributed by atoms with Crippen molar-refractivity contribution in [2.75, 3.05) is 14.2 Å². The molecule has 15 heavy (non-hydrogen) atoms. The van der Waals surface area contributed by atoms with E-state index in [4.69, 9.17) is 19.0 Å². The van der Waals surface area contributed by atoms with Gasteiger partial charge in [-0.25, -0.2) is 0 Å². The molecule has 5 unspecified atom stereocenters. The van der Waals surface area contributed by atoms with Crippen LogP contribution in [0.25, 0.3) is 0 Å². The molecule has 5 atom stereocenters. The van der Waals surface area contributed by atoms with Gasteiger partial charge < -0.3 is 29.2 Å². The second kappa shape index (κ2) is 6.86. The van der Waals surface area contributed by atoms with Crippen molar-refractivity contribution in [2.24, 2.45) is 5.92 Å². The van der Waals surface area contributed by atoms with Gasteiger partial charge in [0.15, 0.2) is 6.29 Å². The lowest BCUT2D eigenvalue weighted by Gasteiger charge is -2.45. The fourth-order valence-corrected chi connectivity index (χ4v) is 1.48. The molecule has 0 saturated carbocycles. The molecule has 1 saturated heterocycles. The molecule has 0 bridgehead atoms. The molecule has 1 aliphatic rings. The van der Waals surface area contributed by atoms with Crippen molar-refractivity contribution < 1.29 is 29.2 Å². The SMILES string of the molecule is C=O.COC1OC([O-])C(OC)C(O)C1C. The molecular weight excluding hydrogens is 204 g/mol. The van der Waals surface area contributed by atoms with E-state index in [1.807, 2.05) is 6.79 Å². The zero-order chi connectivity index (χ0) is 12.0. The highest BCUT2D eigenvalue weighted by Crippen LogP contribution is 2.25. The van der Waals surface area contributed by atoms with Crippen LogP contribution in [0, 0.1) is 5.92 Å². The average molecular weight is 221 g/mol. The van der Waals surface area contributed by atoms with Gasteiger partial charge in [0.1, 0.15) is 6.79 Å². The monoisotopic (exact) mass is 221 g/mol. The molecule has 0 aromatic heterocycles. The van der Waals surface area contributed by atoms with Gasteiger partial charge in [-0.1, -0.05) is 6.92 Å². The lowest BCUT2D eigenvalue weighted by Crippen LogP contribution is -2.59. The van der Waals surface area contributed by atoms with Gasteiger partial charge in [-0.2, -0.15) is 0 Å². The van der Waals surface area contributed by atoms with Crippen molar-refractivity contribution in [1.82, 2.24) is 0 Å². The minimum Gasteiger partial charge on any atom is -0.829 e. The first-order chi connectivity index (χ1) is 7.11. The van der Waals surface area contributed by atoms with Crippen LogP contribution in [0.2, 0.25) is 0 Å². The fourth-order valence-electron chi connectivity index (χ4n) is 1.48. The molecule has 0 spiro atoms. The summed E-state index contributed by atoms with van der Waals surface area (Å²) in [7, 11) is 2.82. The van der Waals surface area contributed by atoms with E-state index in [9.17, 15) is 10.2 Å². The molecule has 0 amide bonds. The van der Waals surface area contributed by atoms with Gasteiger partial charge in [0, 0.05) is 26.4 Å². The molecule has 0 aromatic carbocycles. The molecule has 1 rings (SSSR count). The third kappa shape index (κ3) is 3.22. The van der Waals surface area contributed by atoms with Crippen LogP contribution in [-0.2, 0) is 19.0 Å². The standard InChI is InChI=1S/C8H15O5.CH2O/c1-4-5(9)6(11-2)7(10)13-8(4)12-3;1-2/h4-9H,1-3H3;1H2/q-1;. The van der Waals surface area contributed by atoms with Gasteiger partial charge in [0.05, 0.1) is 12.2 Å². The Morgan fingerprint density at radius 2 is 1.87 bits per heavy atom. The highest BCUT2D eigenvalue weighted by atomic mass is 16.7. The van der Waals surface area contributed by atoms with Crippen molar-refractivity contribution in [3.63, 3.8) is 0 Å². The summed E-state index contributed by atoms with van der Waals surface area (Å²) in [5.41, 5.74) is 0. The van der Waals surface area contributed by atoms with Crippen LogP contribution in [-0.4, -0.2) is 50.9 Å². The topological polar surface area (TPSA) is 88.1 Å². The number of hydrogen-bond acceptors (Lipinski definition) is 6. The van der Waals surface area contributed by atoms with Crippen LogP contribution in [0.15, 0.2) is 0 Å². The van der Waals surface area contributed by atoms with Crippen LogP contribution in [0.3, 0.4) is 0 Å². The van der Waals surface area contributed by atoms with Crippen LogP contribution >= 0.6 is 0 Å². The van der Waals surface area contributed by atoms with Crippen molar-refractivity contribution in [3.05, 3.63) is 0 Å². The summed E-state index contributed by atoms with van der Waals surface area (Å²) in [6, 6.07) is 0. The van der Waals surface area contributed by atoms with Gasteiger partial charge in [0.25, 0.3) is 0 Å². The Kier molecular flexibility index (Phi) is 6.62. The van der Waals surface area contributed by atoms with Gasteiger partial charge in [0.2, 0.25) is 0 Å². The molecular formula is C9H17O6-. The molecule has 1 heterocycles. The normalized spacial score (nSPS) is 40.5. The van der Waals surface area contributed by atoms with Gasteiger partial charge in [-0.15, -0.1) is 0 Å². The van der Waals surface area contributed by atoms with E-state index in [0.717, 1.165) is 0 Å². The Morgan fingerprint density at radius 3 is 2.27 bits per heavy atom. The number of aliphatic hydroxyl groups is 1. The zero-order valence-corrected chi connectivity index (χ0v) is 9.08. The fraction of sp³-hybridized carbons (Fsp3) is 0.889. The minimum atomic E-state index is -1.39. The molecule has 0 aliphatic carbocycles. The van der Waals surface area contributed by atoms with Crippen molar-refractivity contribution in [3.8, 4) is 0 Å². The Morgan fingerprint density at radius 1 is 1.33 bits per heavy atom. The number of ether oxygens (including phenoxy) is 3. The first-order valence-electron chi connectivity index (χ1n) is 4.45. The smallest absolute Gasteiger partial charge is 0.160 e. The molecule has 1 N–H and O–H groups in total. The summed E-state index contributed by atoms with van der Waals surface area (Å²) in [4.78, 5) is 8.00. The van der Waals surface area contributed by atoms with E-state index >= 15 is 0 Å². The van der Waals surface area contributed by atoms with Crippen LogP contribution < -0.4 is 5.11 Å². The van der Waals surface area contributed by atoms with E-state index < -0.39 is 24.8 Å². The van der Waals surface area contributed by atoms with Crippen LogP contribution in [0.4, 0.5) is 0 Å². The molecule has 0 radical (unpaired) electrons. The Bertz CT molecular complexity index is 176. The maximum absolute atomic E-state index is 11.2. The Labute approximate surface area is 88.7 Å². The molecule has 90 valence electrons. The molecule has 6 heteroatoms. The van der Waals surface area contributed by atoms with Gasteiger partial charge in [-0.05, 0) is 0 Å². The zero-order valence-electron chi connectivity index (χ0n) is 9.08. The molecule has 6 nitrogen and oxygen atoms in total. The van der Waals surface area contributed by atoms with Crippen LogP contribution in [0.5, 0.6) is 0 Å². The van der Waals surface area contributed by atoms with Crippen molar-refractivity contribution in [2.45, 2.75) is 31.7 Å². The van der Waals surface area contributed by atoms with E-state index in [2.05, 4.69) is 0 Å². The third-order valence-electron chi connectivity index (χ3n) is 2.35. The van der Waals surface area contributed by atoms with Gasteiger partial charge in [-0.3, -0.25) is 0 Å². The number of rotatable bonds is 2. The highest BCUT2D eigenvalue weighted by molar-refractivity contribution is 5.10. The summed E-state index contributed by atoms with van der Waals surface area (Å²) in [6.45, 7) is 3.75. The van der Waals surface area contributed by atoms with Crippen molar-refractivity contribution in [1.29, 1.82) is 0 Å². The predicted octanol–water partition coefficient (Wildman–Crippen LogP) is -1.50. The first kappa shape index (κ1) is 14.5. The lowest BCUT2D eigenvalue weighted by molar-refractivity contribution is -0.543. The summed E-state index contributed by atoms with van der Waals surface area (Å²) < 4.78 is 14.7. The third-order valence-corrected chi connectivity index (χ3v) is 2.35. The van der Waals surface area contributed by atoms with E-state index in [1.165, 1.54) is 14.2 Å². The second-order valence-corrected chi connectivity index (χ2v) is 3.16. The number of aliphatic hydroxyl groups excluding tert-OH is 1. The molecule has 1 fully saturated rings.